The highest BCUT2D eigenvalue weighted by Crippen LogP contribution is 2.34. The first-order valence-electron chi connectivity index (χ1n) is 7.93. The normalized spacial score (nSPS) is 15.5. The molecular formula is C16H12ClF3N4O3. The van der Waals surface area contributed by atoms with E-state index in [1.54, 1.807) is 0 Å². The molecule has 1 saturated heterocycles. The van der Waals surface area contributed by atoms with E-state index in [4.69, 9.17) is 20.8 Å². The minimum Gasteiger partial charge on any atom is -0.463 e. The van der Waals surface area contributed by atoms with Gasteiger partial charge < -0.3 is 14.1 Å². The highest BCUT2D eigenvalue weighted by atomic mass is 35.5. The fourth-order valence-electron chi connectivity index (χ4n) is 2.80. The van der Waals surface area contributed by atoms with Crippen LogP contribution in [0.2, 0.25) is 5.02 Å². The Bertz CT molecular complexity index is 995. The van der Waals surface area contributed by atoms with E-state index < -0.39 is 17.8 Å². The summed E-state index contributed by atoms with van der Waals surface area (Å²) in [5.41, 5.74) is -1.73. The molecule has 11 heteroatoms. The van der Waals surface area contributed by atoms with Crippen molar-refractivity contribution >= 4 is 23.2 Å². The molecular weight excluding hydrogens is 389 g/mol. The minimum absolute atomic E-state index is 0.0630. The number of carbonyl (C=O) groups excluding carboxylic acids is 1. The van der Waals surface area contributed by atoms with Crippen LogP contribution in [0.4, 0.5) is 13.2 Å². The zero-order valence-corrected chi connectivity index (χ0v) is 14.4. The lowest BCUT2D eigenvalue weighted by atomic mass is 10.2. The van der Waals surface area contributed by atoms with Gasteiger partial charge in [-0.1, -0.05) is 11.6 Å². The summed E-state index contributed by atoms with van der Waals surface area (Å²) in [6.07, 6.45) is -3.42. The van der Waals surface area contributed by atoms with E-state index in [-0.39, 0.29) is 27.8 Å². The second kappa shape index (κ2) is 6.54. The number of carbonyl (C=O) groups is 1. The smallest absolute Gasteiger partial charge is 0.433 e. The highest BCUT2D eigenvalue weighted by molar-refractivity contribution is 6.36. The van der Waals surface area contributed by atoms with Crippen molar-refractivity contribution in [3.8, 4) is 11.5 Å². The summed E-state index contributed by atoms with van der Waals surface area (Å²) in [6.45, 7) is 1.29. The van der Waals surface area contributed by atoms with Crippen LogP contribution in [0.15, 0.2) is 28.9 Å². The van der Waals surface area contributed by atoms with Crippen molar-refractivity contribution in [1.82, 2.24) is 19.5 Å². The van der Waals surface area contributed by atoms with Crippen LogP contribution in [0.5, 0.6) is 0 Å². The molecule has 1 amide bonds. The first kappa shape index (κ1) is 17.8. The highest BCUT2D eigenvalue weighted by Gasteiger charge is 2.37. The van der Waals surface area contributed by atoms with Gasteiger partial charge in [-0.3, -0.25) is 4.79 Å². The lowest BCUT2D eigenvalue weighted by Gasteiger charge is -2.26. The number of fused-ring (bicyclic) bond motifs is 1. The number of furan rings is 1. The lowest BCUT2D eigenvalue weighted by molar-refractivity contribution is -0.142. The number of hydrogen-bond acceptors (Lipinski definition) is 5. The summed E-state index contributed by atoms with van der Waals surface area (Å²) in [6, 6.07) is 3.81. The quantitative estimate of drug-likeness (QED) is 0.661. The molecule has 4 heterocycles. The standard InChI is InChI=1S/C16H12ClF3N4O3/c17-12-13(15(25)23-3-6-26-7-4-23)22-24-11(16(18,19)20)8-9(21-14(12)24)10-2-1-5-27-10/h1-2,5,8H,3-4,6-7H2. The van der Waals surface area contributed by atoms with Gasteiger partial charge in [0.05, 0.1) is 19.5 Å². The van der Waals surface area contributed by atoms with Crippen molar-refractivity contribution < 1.29 is 27.1 Å². The number of alkyl halides is 3. The van der Waals surface area contributed by atoms with Gasteiger partial charge in [0.1, 0.15) is 10.7 Å². The Hall–Kier alpha value is -2.59. The van der Waals surface area contributed by atoms with Crippen molar-refractivity contribution in [2.75, 3.05) is 26.3 Å². The first-order valence-corrected chi connectivity index (χ1v) is 8.31. The molecule has 3 aromatic heterocycles. The molecule has 1 aliphatic rings. The summed E-state index contributed by atoms with van der Waals surface area (Å²) in [5, 5.41) is 3.57. The number of nitrogens with zero attached hydrogens (tertiary/aromatic N) is 4. The van der Waals surface area contributed by atoms with Gasteiger partial charge in [-0.2, -0.15) is 18.3 Å². The second-order valence-corrected chi connectivity index (χ2v) is 6.18. The molecule has 0 unspecified atom stereocenters. The molecule has 0 radical (unpaired) electrons. The number of halogens is 4. The van der Waals surface area contributed by atoms with E-state index in [0.29, 0.717) is 30.8 Å². The van der Waals surface area contributed by atoms with Gasteiger partial charge in [0.15, 0.2) is 22.8 Å². The zero-order valence-electron chi connectivity index (χ0n) is 13.7. The molecule has 27 heavy (non-hydrogen) atoms. The van der Waals surface area contributed by atoms with Crippen molar-refractivity contribution in [3.63, 3.8) is 0 Å². The third-order valence-corrected chi connectivity index (χ3v) is 4.45. The van der Waals surface area contributed by atoms with Crippen LogP contribution in [-0.4, -0.2) is 51.7 Å². The fraction of sp³-hybridized carbons (Fsp3) is 0.312. The van der Waals surface area contributed by atoms with E-state index in [2.05, 4.69) is 10.1 Å². The number of hydrogen-bond donors (Lipinski definition) is 0. The van der Waals surface area contributed by atoms with Crippen LogP contribution in [0, 0.1) is 0 Å². The molecule has 0 N–H and O–H groups in total. The van der Waals surface area contributed by atoms with Crippen molar-refractivity contribution in [3.05, 3.63) is 40.9 Å². The predicted octanol–water partition coefficient (Wildman–Crippen LogP) is 3.13. The van der Waals surface area contributed by atoms with E-state index in [0.717, 1.165) is 6.07 Å². The van der Waals surface area contributed by atoms with Gasteiger partial charge in [0.25, 0.3) is 5.91 Å². The topological polar surface area (TPSA) is 72.9 Å². The average Bonchev–Trinajstić information content (AvgIpc) is 3.29. The van der Waals surface area contributed by atoms with Crippen LogP contribution >= 0.6 is 11.6 Å². The SMILES string of the molecule is O=C(c1nn2c(C(F)(F)F)cc(-c3ccco3)nc2c1Cl)N1CCOCC1. The van der Waals surface area contributed by atoms with Crippen LogP contribution in [0.25, 0.3) is 17.1 Å². The second-order valence-electron chi connectivity index (χ2n) is 5.80. The molecule has 0 bridgehead atoms. The average molecular weight is 401 g/mol. The van der Waals surface area contributed by atoms with E-state index in [9.17, 15) is 18.0 Å². The van der Waals surface area contributed by atoms with Crippen molar-refractivity contribution in [2.45, 2.75) is 6.18 Å². The van der Waals surface area contributed by atoms with Gasteiger partial charge in [-0.25, -0.2) is 9.50 Å². The van der Waals surface area contributed by atoms with Crippen molar-refractivity contribution in [2.24, 2.45) is 0 Å². The third-order valence-electron chi connectivity index (χ3n) is 4.10. The Kier molecular flexibility index (Phi) is 4.31. The molecule has 7 nitrogen and oxygen atoms in total. The lowest BCUT2D eigenvalue weighted by Crippen LogP contribution is -2.41. The van der Waals surface area contributed by atoms with E-state index in [1.165, 1.54) is 23.3 Å². The molecule has 0 spiro atoms. The Balaban J connectivity index is 1.88. The Morgan fingerprint density at radius 3 is 2.63 bits per heavy atom. The van der Waals surface area contributed by atoms with Crippen LogP contribution < -0.4 is 0 Å². The number of aromatic nitrogens is 3. The molecule has 0 atom stereocenters. The Morgan fingerprint density at radius 1 is 1.26 bits per heavy atom. The van der Waals surface area contributed by atoms with Crippen LogP contribution in [-0.2, 0) is 10.9 Å². The van der Waals surface area contributed by atoms with Gasteiger partial charge in [-0.05, 0) is 18.2 Å². The summed E-state index contributed by atoms with van der Waals surface area (Å²) in [5.74, 6) is -0.428. The first-order chi connectivity index (χ1) is 12.9. The summed E-state index contributed by atoms with van der Waals surface area (Å²) in [7, 11) is 0. The van der Waals surface area contributed by atoms with Crippen molar-refractivity contribution in [1.29, 1.82) is 0 Å². The third kappa shape index (κ3) is 3.15. The van der Waals surface area contributed by atoms with Gasteiger partial charge in [0.2, 0.25) is 0 Å². The maximum Gasteiger partial charge on any atom is 0.433 e. The fourth-order valence-corrected chi connectivity index (χ4v) is 3.04. The predicted molar refractivity (Wildman–Crippen MR) is 87.4 cm³/mol. The Morgan fingerprint density at radius 2 is 2.00 bits per heavy atom. The minimum atomic E-state index is -4.74. The monoisotopic (exact) mass is 400 g/mol. The van der Waals surface area contributed by atoms with Crippen LogP contribution in [0.1, 0.15) is 16.2 Å². The van der Waals surface area contributed by atoms with Gasteiger partial charge in [-0.15, -0.1) is 0 Å². The molecule has 0 aromatic carbocycles. The number of ether oxygens (including phenoxy) is 1. The maximum atomic E-state index is 13.6. The summed E-state index contributed by atoms with van der Waals surface area (Å²) in [4.78, 5) is 18.2. The molecule has 1 fully saturated rings. The number of morpholine rings is 1. The van der Waals surface area contributed by atoms with Gasteiger partial charge in [0, 0.05) is 13.1 Å². The molecule has 4 rings (SSSR count). The van der Waals surface area contributed by atoms with E-state index >= 15 is 0 Å². The van der Waals surface area contributed by atoms with Crippen LogP contribution in [0.3, 0.4) is 0 Å². The number of rotatable bonds is 2. The molecule has 1 aliphatic heterocycles. The largest absolute Gasteiger partial charge is 0.463 e. The summed E-state index contributed by atoms with van der Waals surface area (Å²) < 4.78 is 51.5. The molecule has 0 aliphatic carbocycles. The Labute approximate surface area is 155 Å². The summed E-state index contributed by atoms with van der Waals surface area (Å²) >= 11 is 6.20. The van der Waals surface area contributed by atoms with Gasteiger partial charge >= 0.3 is 6.18 Å². The molecule has 0 saturated carbocycles. The van der Waals surface area contributed by atoms with E-state index in [1.807, 2.05) is 0 Å². The zero-order chi connectivity index (χ0) is 19.2. The molecule has 142 valence electrons. The number of amides is 1. The molecule has 3 aromatic rings. The maximum absolute atomic E-state index is 13.6.